The molecule has 0 amide bonds. The van der Waals surface area contributed by atoms with Gasteiger partial charge < -0.3 is 44.8 Å². The van der Waals surface area contributed by atoms with Gasteiger partial charge in [0.15, 0.2) is 0 Å². The van der Waals surface area contributed by atoms with E-state index in [9.17, 15) is 9.59 Å². The van der Waals surface area contributed by atoms with Crippen LogP contribution in [0, 0.1) is 0 Å². The van der Waals surface area contributed by atoms with E-state index in [-0.39, 0.29) is 11.5 Å². The molecule has 0 aliphatic carbocycles. The number of hydrogen-bond donors (Lipinski definition) is 6. The molecule has 0 fully saturated rings. The minimum atomic E-state index is -1.05. The van der Waals surface area contributed by atoms with Crippen LogP contribution in [0.1, 0.15) is 27.7 Å². The van der Waals surface area contributed by atoms with Crippen LogP contribution in [0.4, 0.5) is 9.59 Å². The first-order chi connectivity index (χ1) is 16.2. The summed E-state index contributed by atoms with van der Waals surface area (Å²) >= 11 is 9.33. The summed E-state index contributed by atoms with van der Waals surface area (Å²) in [4.78, 5) is 19.5. The Bertz CT molecular complexity index is 637. The van der Waals surface area contributed by atoms with E-state index in [2.05, 4.69) is 32.7 Å². The van der Waals surface area contributed by atoms with Crippen LogP contribution >= 0.6 is 23.2 Å². The number of hydrogen-bond acceptors (Lipinski definition) is 11. The van der Waals surface area contributed by atoms with E-state index in [1.807, 2.05) is 27.7 Å². The van der Waals surface area contributed by atoms with Crippen LogP contribution in [-0.2, 0) is 9.47 Å². The normalized spacial score (nSPS) is 7.94. The lowest BCUT2D eigenvalue weighted by atomic mass is 10.3. The van der Waals surface area contributed by atoms with Crippen molar-refractivity contribution in [3.05, 3.63) is 48.5 Å². The van der Waals surface area contributed by atoms with Crippen molar-refractivity contribution in [1.29, 1.82) is 0 Å². The largest absolute Gasteiger partial charge is 0.508 e. The molecule has 34 heavy (non-hydrogen) atoms. The Morgan fingerprint density at radius 3 is 1.09 bits per heavy atom. The minimum Gasteiger partial charge on any atom is -0.508 e. The quantitative estimate of drug-likeness (QED) is 0.241. The molecule has 0 saturated heterocycles. The summed E-state index contributed by atoms with van der Waals surface area (Å²) in [6, 6.07) is 12.9. The van der Waals surface area contributed by atoms with E-state index in [0.29, 0.717) is 11.5 Å². The number of phenolic OH excluding ortho intramolecular Hbond substituents is 2. The number of aliphatic hydroxyl groups excluding tert-OH is 2. The zero-order valence-electron chi connectivity index (χ0n) is 19.2. The first-order valence-electron chi connectivity index (χ1n) is 9.53. The monoisotopic (exact) mass is 530 g/mol. The summed E-state index contributed by atoms with van der Waals surface area (Å²) in [6.07, 6.45) is 0. The van der Waals surface area contributed by atoms with Crippen molar-refractivity contribution in [2.45, 2.75) is 27.7 Å². The Labute approximate surface area is 208 Å². The van der Waals surface area contributed by atoms with Crippen LogP contribution in [0.15, 0.2) is 48.5 Å². The smallest absolute Gasteiger partial charge is 0.406 e. The second-order valence-electron chi connectivity index (χ2n) is 4.25. The molecule has 0 heterocycles. The lowest BCUT2D eigenvalue weighted by molar-refractivity contribution is 0.0475. The number of benzene rings is 2. The van der Waals surface area contributed by atoms with Gasteiger partial charge >= 0.3 is 10.9 Å². The van der Waals surface area contributed by atoms with E-state index in [4.69, 9.17) is 35.4 Å². The lowest BCUT2D eigenvalue weighted by Crippen LogP contribution is -2.02. The molecule has 0 radical (unpaired) electrons. The molecule has 196 valence electrons. The van der Waals surface area contributed by atoms with E-state index < -0.39 is 31.2 Å². The van der Waals surface area contributed by atoms with Crippen LogP contribution in [0.2, 0.25) is 0 Å². The lowest BCUT2D eigenvalue weighted by Gasteiger charge is -2.05. The number of carbonyl (C=O) groups excluding carboxylic acids is 2. The van der Waals surface area contributed by atoms with Gasteiger partial charge in [-0.1, -0.05) is 27.7 Å². The van der Waals surface area contributed by atoms with Crippen LogP contribution in [-0.4, -0.2) is 61.9 Å². The second-order valence-corrected chi connectivity index (χ2v) is 4.87. The van der Waals surface area contributed by atoms with Crippen molar-refractivity contribution in [2.24, 2.45) is 0 Å². The van der Waals surface area contributed by atoms with Crippen molar-refractivity contribution >= 4 is 34.1 Å². The predicted molar refractivity (Wildman–Crippen MR) is 127 cm³/mol. The average molecular weight is 531 g/mol. The fourth-order valence-corrected chi connectivity index (χ4v) is 1.38. The Kier molecular flexibility index (Phi) is 34.2. The van der Waals surface area contributed by atoms with Gasteiger partial charge in [0.1, 0.15) is 36.6 Å². The maximum Gasteiger partial charge on any atom is 0.406 e. The highest BCUT2D eigenvalue weighted by atomic mass is 35.5. The molecular weight excluding hydrogens is 499 g/mol. The Balaban J connectivity index is -0.000000203. The first kappa shape index (κ1) is 38.5. The van der Waals surface area contributed by atoms with E-state index in [1.54, 1.807) is 48.5 Å². The van der Waals surface area contributed by atoms with Gasteiger partial charge in [-0.05, 0) is 48.5 Å². The second kappa shape index (κ2) is 30.2. The van der Waals surface area contributed by atoms with Crippen molar-refractivity contribution in [3.8, 4) is 23.0 Å². The summed E-state index contributed by atoms with van der Waals surface area (Å²) in [5, 5.41) is 46.6. The first-order valence-corrected chi connectivity index (χ1v) is 10.3. The standard InChI is InChI=1S/C12H10O3.C3H2Cl2O4.2C2H6.2CH4O2/c13-9-1-5-11(6-2-9)15-12-7-3-10(14)4-8-12;4-2(6)8-1-9-3(5)7;2*1-2;2*2-1-3/h1-8,13-14H;1H2;2*1-2H3;2*2-3H,1H2. The summed E-state index contributed by atoms with van der Waals surface area (Å²) in [7, 11) is 0. The predicted octanol–water partition coefficient (Wildman–Crippen LogP) is 4.49. The maximum absolute atomic E-state index is 9.73. The van der Waals surface area contributed by atoms with Gasteiger partial charge in [0, 0.05) is 23.2 Å². The van der Waals surface area contributed by atoms with E-state index >= 15 is 0 Å². The van der Waals surface area contributed by atoms with Gasteiger partial charge in [0.05, 0.1) is 0 Å². The fourth-order valence-electron chi connectivity index (χ4n) is 1.29. The highest BCUT2D eigenvalue weighted by Crippen LogP contribution is 2.24. The zero-order valence-corrected chi connectivity index (χ0v) is 20.7. The molecule has 0 atom stereocenters. The molecule has 0 aliphatic rings. The number of halogens is 2. The molecule has 2 aromatic rings. The molecule has 0 aliphatic heterocycles. The number of carbonyl (C=O) groups is 2. The van der Waals surface area contributed by atoms with Gasteiger partial charge in [-0.3, -0.25) is 0 Å². The van der Waals surface area contributed by atoms with Crippen molar-refractivity contribution in [1.82, 2.24) is 0 Å². The number of ether oxygens (including phenoxy) is 3. The number of rotatable bonds is 4. The molecule has 2 rings (SSSR count). The number of aliphatic hydroxyl groups is 4. The van der Waals surface area contributed by atoms with E-state index in [0.717, 1.165) is 0 Å². The zero-order chi connectivity index (χ0) is 27.4. The van der Waals surface area contributed by atoms with Crippen molar-refractivity contribution < 1.29 is 54.4 Å². The molecule has 0 unspecified atom stereocenters. The third-order valence-corrected chi connectivity index (χ3v) is 2.47. The highest BCUT2D eigenvalue weighted by molar-refractivity contribution is 6.61. The van der Waals surface area contributed by atoms with E-state index in [1.165, 1.54) is 0 Å². The number of phenols is 2. The topological polar surface area (TPSA) is 183 Å². The summed E-state index contributed by atoms with van der Waals surface area (Å²) in [5.41, 5.74) is -2.10. The third kappa shape index (κ3) is 31.4. The minimum absolute atomic E-state index is 0.202. The fraction of sp³-hybridized carbons (Fsp3) is 0.333. The SMILES string of the molecule is CC.CC.O=C(Cl)OCOC(=O)Cl.OCO.OCO.Oc1ccc(Oc2ccc(O)cc2)cc1. The van der Waals surface area contributed by atoms with Gasteiger partial charge in [0.2, 0.25) is 6.79 Å². The van der Waals surface area contributed by atoms with Crippen LogP contribution < -0.4 is 4.74 Å². The molecule has 0 bridgehead atoms. The Morgan fingerprint density at radius 2 is 0.882 bits per heavy atom. The molecule has 0 saturated carbocycles. The van der Waals surface area contributed by atoms with Gasteiger partial charge in [-0.25, -0.2) is 9.59 Å². The molecule has 6 N–H and O–H groups in total. The molecule has 13 heteroatoms. The third-order valence-electron chi connectivity index (χ3n) is 2.25. The van der Waals surface area contributed by atoms with Crippen LogP contribution in [0.25, 0.3) is 0 Å². The summed E-state index contributed by atoms with van der Waals surface area (Å²) in [6.45, 7) is 5.95. The van der Waals surface area contributed by atoms with Crippen molar-refractivity contribution in [2.75, 3.05) is 20.4 Å². The highest BCUT2D eigenvalue weighted by Gasteiger charge is 1.98. The average Bonchev–Trinajstić information content (AvgIpc) is 2.81. The van der Waals surface area contributed by atoms with Gasteiger partial charge in [0.25, 0.3) is 0 Å². The van der Waals surface area contributed by atoms with Crippen molar-refractivity contribution in [3.63, 3.8) is 0 Å². The Morgan fingerprint density at radius 1 is 0.647 bits per heavy atom. The molecule has 2 aromatic carbocycles. The summed E-state index contributed by atoms with van der Waals surface area (Å²) in [5.74, 6) is 1.68. The maximum atomic E-state index is 9.73. The van der Waals surface area contributed by atoms with Crippen LogP contribution in [0.3, 0.4) is 0 Å². The summed E-state index contributed by atoms with van der Waals surface area (Å²) < 4.78 is 13.4. The molecule has 0 spiro atoms. The molecule has 11 nitrogen and oxygen atoms in total. The van der Waals surface area contributed by atoms with Gasteiger partial charge in [-0.15, -0.1) is 0 Å². The molecular formula is C21H32Cl2O11. The van der Waals surface area contributed by atoms with Crippen LogP contribution in [0.5, 0.6) is 23.0 Å². The Hall–Kier alpha value is -2.80. The van der Waals surface area contributed by atoms with Gasteiger partial charge in [-0.2, -0.15) is 0 Å². The molecule has 0 aromatic heterocycles. The number of aromatic hydroxyl groups is 2.